The molecule has 0 heterocycles. The van der Waals surface area contributed by atoms with Gasteiger partial charge in [-0.2, -0.15) is 8.78 Å². The largest absolute Gasteiger partial charge is 0.435 e. The Labute approximate surface area is 117 Å². The van der Waals surface area contributed by atoms with Crippen molar-refractivity contribution in [2.45, 2.75) is 19.6 Å². The number of alkyl halides is 2. The Morgan fingerprint density at radius 2 is 2.05 bits per heavy atom. The van der Waals surface area contributed by atoms with E-state index in [1.807, 2.05) is 6.92 Å². The second-order valence-electron chi connectivity index (χ2n) is 4.15. The van der Waals surface area contributed by atoms with E-state index in [4.69, 9.17) is 0 Å². The van der Waals surface area contributed by atoms with Crippen LogP contribution in [-0.4, -0.2) is 34.4 Å². The molecule has 0 aliphatic carbocycles. The Kier molecular flexibility index (Phi) is 6.31. The Balaban J connectivity index is 2.57. The number of sulfonamides is 1. The van der Waals surface area contributed by atoms with Gasteiger partial charge in [-0.1, -0.05) is 12.1 Å². The van der Waals surface area contributed by atoms with E-state index in [1.165, 1.54) is 19.2 Å². The van der Waals surface area contributed by atoms with Crippen molar-refractivity contribution in [2.75, 3.05) is 19.3 Å². The molecule has 0 fully saturated rings. The summed E-state index contributed by atoms with van der Waals surface area (Å²) in [4.78, 5) is 0. The van der Waals surface area contributed by atoms with Crippen LogP contribution in [-0.2, 0) is 10.0 Å². The van der Waals surface area contributed by atoms with Gasteiger partial charge in [-0.15, -0.1) is 0 Å². The van der Waals surface area contributed by atoms with Crippen molar-refractivity contribution < 1.29 is 21.9 Å². The molecule has 0 spiro atoms. The molecule has 0 bridgehead atoms. The maximum Gasteiger partial charge on any atom is 0.387 e. The lowest BCUT2D eigenvalue weighted by molar-refractivity contribution is -0.0499. The van der Waals surface area contributed by atoms with E-state index < -0.39 is 16.6 Å². The van der Waals surface area contributed by atoms with Crippen LogP contribution in [0.1, 0.15) is 18.5 Å². The summed E-state index contributed by atoms with van der Waals surface area (Å²) in [5.41, 5.74) is 0.741. The van der Waals surface area contributed by atoms with Crippen LogP contribution in [0.2, 0.25) is 0 Å². The molecule has 0 saturated heterocycles. The fraction of sp³-hybridized carbons (Fsp3) is 0.500. The van der Waals surface area contributed by atoms with Crippen LogP contribution in [0.3, 0.4) is 0 Å². The highest BCUT2D eigenvalue weighted by Crippen LogP contribution is 2.20. The number of benzene rings is 1. The number of nitrogens with one attached hydrogen (secondary N) is 2. The maximum absolute atomic E-state index is 12.1. The van der Waals surface area contributed by atoms with Crippen molar-refractivity contribution >= 4 is 10.0 Å². The van der Waals surface area contributed by atoms with Crippen molar-refractivity contribution in [1.82, 2.24) is 10.0 Å². The van der Waals surface area contributed by atoms with E-state index in [2.05, 4.69) is 14.8 Å². The molecule has 0 aromatic heterocycles. The highest BCUT2D eigenvalue weighted by molar-refractivity contribution is 7.89. The normalized spacial score (nSPS) is 13.4. The predicted molar refractivity (Wildman–Crippen MR) is 72.3 cm³/mol. The molecular formula is C12H18F2N2O3S. The first-order valence-corrected chi connectivity index (χ1v) is 7.68. The smallest absolute Gasteiger partial charge is 0.387 e. The maximum atomic E-state index is 12.1. The number of rotatable bonds is 8. The summed E-state index contributed by atoms with van der Waals surface area (Å²) in [5, 5.41) is 3.01. The van der Waals surface area contributed by atoms with Gasteiger partial charge in [-0.3, -0.25) is 0 Å². The lowest BCUT2D eigenvalue weighted by Crippen LogP contribution is -2.30. The number of hydrogen-bond donors (Lipinski definition) is 2. The first-order chi connectivity index (χ1) is 9.34. The van der Waals surface area contributed by atoms with Crippen LogP contribution in [0.4, 0.5) is 8.78 Å². The lowest BCUT2D eigenvalue weighted by atomic mass is 10.1. The van der Waals surface area contributed by atoms with Gasteiger partial charge >= 0.3 is 6.61 Å². The summed E-state index contributed by atoms with van der Waals surface area (Å²) in [6.45, 7) is -0.799. The van der Waals surface area contributed by atoms with Gasteiger partial charge in [0.1, 0.15) is 5.75 Å². The zero-order chi connectivity index (χ0) is 15.2. The Bertz CT molecular complexity index is 523. The zero-order valence-electron chi connectivity index (χ0n) is 11.3. The van der Waals surface area contributed by atoms with Crippen molar-refractivity contribution in [3.63, 3.8) is 0 Å². The Morgan fingerprint density at radius 3 is 2.65 bits per heavy atom. The molecule has 0 saturated carbocycles. The van der Waals surface area contributed by atoms with E-state index in [9.17, 15) is 17.2 Å². The summed E-state index contributed by atoms with van der Waals surface area (Å²) < 4.78 is 53.2. The van der Waals surface area contributed by atoms with Gasteiger partial charge in [0.15, 0.2) is 0 Å². The van der Waals surface area contributed by atoms with Crippen molar-refractivity contribution in [3.05, 3.63) is 29.8 Å². The fourth-order valence-corrected chi connectivity index (χ4v) is 2.18. The minimum absolute atomic E-state index is 0.0545. The van der Waals surface area contributed by atoms with Gasteiger partial charge in [-0.05, 0) is 31.7 Å². The van der Waals surface area contributed by atoms with Crippen LogP contribution in [0.25, 0.3) is 0 Å². The highest BCUT2D eigenvalue weighted by Gasteiger charge is 2.11. The minimum Gasteiger partial charge on any atom is -0.435 e. The summed E-state index contributed by atoms with van der Waals surface area (Å²) >= 11 is 0. The Morgan fingerprint density at radius 1 is 1.35 bits per heavy atom. The molecule has 1 aromatic carbocycles. The zero-order valence-corrected chi connectivity index (χ0v) is 12.1. The Hall–Kier alpha value is -1.25. The highest BCUT2D eigenvalue weighted by atomic mass is 32.2. The van der Waals surface area contributed by atoms with Crippen molar-refractivity contribution in [2.24, 2.45) is 0 Å². The van der Waals surface area contributed by atoms with Gasteiger partial charge in [0.25, 0.3) is 0 Å². The van der Waals surface area contributed by atoms with E-state index in [-0.39, 0.29) is 24.1 Å². The quantitative estimate of drug-likeness (QED) is 0.763. The average molecular weight is 308 g/mol. The molecular weight excluding hydrogens is 290 g/mol. The molecule has 8 heteroatoms. The topological polar surface area (TPSA) is 67.4 Å². The SMILES string of the molecule is CNS(=O)(=O)CCNC(C)c1cccc(OC(F)F)c1. The van der Waals surface area contributed by atoms with Gasteiger partial charge in [0, 0.05) is 12.6 Å². The van der Waals surface area contributed by atoms with E-state index in [0.717, 1.165) is 5.56 Å². The van der Waals surface area contributed by atoms with Crippen molar-refractivity contribution in [1.29, 1.82) is 0 Å². The number of ether oxygens (including phenoxy) is 1. The monoisotopic (exact) mass is 308 g/mol. The first-order valence-electron chi connectivity index (χ1n) is 6.03. The third kappa shape index (κ3) is 5.81. The summed E-state index contributed by atoms with van der Waals surface area (Å²) in [5.74, 6) is 0.0233. The van der Waals surface area contributed by atoms with Gasteiger partial charge in [0.2, 0.25) is 10.0 Å². The van der Waals surface area contributed by atoms with Crippen LogP contribution < -0.4 is 14.8 Å². The van der Waals surface area contributed by atoms with Crippen molar-refractivity contribution in [3.8, 4) is 5.75 Å². The molecule has 1 rings (SSSR count). The van der Waals surface area contributed by atoms with Crippen LogP contribution >= 0.6 is 0 Å². The summed E-state index contributed by atoms with van der Waals surface area (Å²) in [6, 6.07) is 6.12. The van der Waals surface area contributed by atoms with E-state index in [0.29, 0.717) is 0 Å². The molecule has 1 unspecified atom stereocenters. The molecule has 0 radical (unpaired) electrons. The second-order valence-corrected chi connectivity index (χ2v) is 6.20. The van der Waals surface area contributed by atoms with Crippen LogP contribution in [0, 0.1) is 0 Å². The molecule has 1 aromatic rings. The van der Waals surface area contributed by atoms with E-state index >= 15 is 0 Å². The van der Waals surface area contributed by atoms with Gasteiger partial charge in [0.05, 0.1) is 5.75 Å². The lowest BCUT2D eigenvalue weighted by Gasteiger charge is -2.15. The summed E-state index contributed by atoms with van der Waals surface area (Å²) in [6.07, 6.45) is 0. The molecule has 0 amide bonds. The van der Waals surface area contributed by atoms with Crippen LogP contribution in [0.15, 0.2) is 24.3 Å². The third-order valence-corrected chi connectivity index (χ3v) is 4.08. The fourth-order valence-electron chi connectivity index (χ4n) is 1.59. The van der Waals surface area contributed by atoms with Crippen LogP contribution in [0.5, 0.6) is 5.75 Å². The summed E-state index contributed by atoms with van der Waals surface area (Å²) in [7, 11) is -1.91. The third-order valence-electron chi connectivity index (χ3n) is 2.72. The standard InChI is InChI=1S/C12H18F2N2O3S/c1-9(16-6-7-20(17,18)15-2)10-4-3-5-11(8-10)19-12(13)14/h3-5,8-9,12,15-16H,6-7H2,1-2H3. The van der Waals surface area contributed by atoms with Gasteiger partial charge in [-0.25, -0.2) is 13.1 Å². The molecule has 0 aliphatic heterocycles. The minimum atomic E-state index is -3.26. The van der Waals surface area contributed by atoms with Gasteiger partial charge < -0.3 is 10.1 Å². The average Bonchev–Trinajstić information content (AvgIpc) is 2.38. The molecule has 5 nitrogen and oxygen atoms in total. The second kappa shape index (κ2) is 7.51. The molecule has 20 heavy (non-hydrogen) atoms. The molecule has 0 aliphatic rings. The number of hydrogen-bond acceptors (Lipinski definition) is 4. The van der Waals surface area contributed by atoms with E-state index in [1.54, 1.807) is 12.1 Å². The molecule has 114 valence electrons. The predicted octanol–water partition coefficient (Wildman–Crippen LogP) is 1.49. The first kappa shape index (κ1) is 16.8. The molecule has 1 atom stereocenters. The number of halogens is 2. The molecule has 2 N–H and O–H groups in total.